The molecule has 1 atom stereocenters. The second-order valence-corrected chi connectivity index (χ2v) is 6.61. The number of amides is 2. The van der Waals surface area contributed by atoms with Crippen molar-refractivity contribution in [2.24, 2.45) is 0 Å². The van der Waals surface area contributed by atoms with Crippen LogP contribution in [-0.2, 0) is 10.0 Å². The summed E-state index contributed by atoms with van der Waals surface area (Å²) < 4.78 is 38.1. The molecular formula is C13H20FN3O3S. The summed E-state index contributed by atoms with van der Waals surface area (Å²) in [5.74, 6) is -0.646. The molecule has 6 nitrogen and oxygen atoms in total. The normalized spacial score (nSPS) is 12.6. The van der Waals surface area contributed by atoms with Crippen molar-refractivity contribution < 1.29 is 17.6 Å². The predicted molar refractivity (Wildman–Crippen MR) is 81.4 cm³/mol. The van der Waals surface area contributed by atoms with Gasteiger partial charge in [0, 0.05) is 6.04 Å². The first-order valence-corrected chi connectivity index (χ1v) is 8.45. The number of anilines is 2. The predicted octanol–water partition coefficient (Wildman–Crippen LogP) is 2.51. The number of sulfonamides is 1. The van der Waals surface area contributed by atoms with Crippen molar-refractivity contribution in [3.63, 3.8) is 0 Å². The van der Waals surface area contributed by atoms with E-state index in [1.807, 2.05) is 13.8 Å². The highest BCUT2D eigenvalue weighted by atomic mass is 32.2. The van der Waals surface area contributed by atoms with Gasteiger partial charge in [-0.15, -0.1) is 0 Å². The highest BCUT2D eigenvalue weighted by Crippen LogP contribution is 2.20. The first-order valence-electron chi connectivity index (χ1n) is 6.56. The molecule has 1 rings (SSSR count). The summed E-state index contributed by atoms with van der Waals surface area (Å²) in [6.45, 7) is 3.84. The molecule has 8 heteroatoms. The average Bonchev–Trinajstić information content (AvgIpc) is 2.31. The van der Waals surface area contributed by atoms with E-state index >= 15 is 0 Å². The summed E-state index contributed by atoms with van der Waals surface area (Å²) in [5.41, 5.74) is 0.0839. The first-order chi connectivity index (χ1) is 9.71. The highest BCUT2D eigenvalue weighted by molar-refractivity contribution is 7.92. The number of carbonyl (C=O) groups is 1. The third kappa shape index (κ3) is 6.44. The number of carbonyl (C=O) groups excluding carboxylic acids is 1. The second-order valence-electron chi connectivity index (χ2n) is 4.86. The number of benzene rings is 1. The standard InChI is InChI=1S/C13H20FN3O3S/c1-4-5-9(2)15-13(18)16-12-8-10(6-7-11(12)14)17-21(3,19)20/h6-9,17H,4-5H2,1-3H3,(H2,15,16,18)/t9-/m1/s1. The number of hydrogen-bond acceptors (Lipinski definition) is 3. The molecule has 0 unspecified atom stereocenters. The Morgan fingerprint density at radius 3 is 2.62 bits per heavy atom. The Hall–Kier alpha value is -1.83. The molecule has 1 aromatic carbocycles. The van der Waals surface area contributed by atoms with Gasteiger partial charge in [0.05, 0.1) is 17.6 Å². The van der Waals surface area contributed by atoms with Crippen LogP contribution >= 0.6 is 0 Å². The van der Waals surface area contributed by atoms with E-state index in [2.05, 4.69) is 15.4 Å². The van der Waals surface area contributed by atoms with Crippen LogP contribution in [0.2, 0.25) is 0 Å². The van der Waals surface area contributed by atoms with Crippen LogP contribution in [0.1, 0.15) is 26.7 Å². The molecule has 0 aliphatic carbocycles. The molecule has 0 heterocycles. The number of rotatable bonds is 6. The van der Waals surface area contributed by atoms with Crippen LogP contribution in [0, 0.1) is 5.82 Å². The molecule has 1 aromatic rings. The average molecular weight is 317 g/mol. The molecule has 0 aliphatic rings. The monoisotopic (exact) mass is 317 g/mol. The number of urea groups is 1. The van der Waals surface area contributed by atoms with E-state index in [1.165, 1.54) is 12.1 Å². The van der Waals surface area contributed by atoms with E-state index in [4.69, 9.17) is 0 Å². The highest BCUT2D eigenvalue weighted by Gasteiger charge is 2.11. The van der Waals surface area contributed by atoms with Crippen LogP contribution in [0.4, 0.5) is 20.6 Å². The lowest BCUT2D eigenvalue weighted by atomic mass is 10.2. The van der Waals surface area contributed by atoms with Crippen molar-refractivity contribution in [3.8, 4) is 0 Å². The quantitative estimate of drug-likeness (QED) is 0.753. The molecule has 2 amide bonds. The maximum Gasteiger partial charge on any atom is 0.319 e. The molecule has 3 N–H and O–H groups in total. The van der Waals surface area contributed by atoms with Gasteiger partial charge in [-0.25, -0.2) is 17.6 Å². The number of halogens is 1. The first kappa shape index (κ1) is 17.2. The summed E-state index contributed by atoms with van der Waals surface area (Å²) in [5, 5.41) is 5.03. The van der Waals surface area contributed by atoms with Gasteiger partial charge < -0.3 is 10.6 Å². The molecule has 0 saturated carbocycles. The van der Waals surface area contributed by atoms with E-state index in [9.17, 15) is 17.6 Å². The Bertz CT molecular complexity index is 605. The Morgan fingerprint density at radius 1 is 1.38 bits per heavy atom. The number of hydrogen-bond donors (Lipinski definition) is 3. The molecule has 118 valence electrons. The maximum absolute atomic E-state index is 13.6. The molecule has 0 saturated heterocycles. The summed E-state index contributed by atoms with van der Waals surface area (Å²) in [6.07, 6.45) is 2.72. The lowest BCUT2D eigenvalue weighted by molar-refractivity contribution is 0.248. The van der Waals surface area contributed by atoms with Crippen molar-refractivity contribution in [2.75, 3.05) is 16.3 Å². The Labute approximate surface area is 124 Å². The van der Waals surface area contributed by atoms with Crippen LogP contribution in [0.3, 0.4) is 0 Å². The third-order valence-corrected chi connectivity index (χ3v) is 3.22. The third-order valence-electron chi connectivity index (χ3n) is 2.62. The lowest BCUT2D eigenvalue weighted by Gasteiger charge is -2.14. The van der Waals surface area contributed by atoms with Crippen LogP contribution < -0.4 is 15.4 Å². The summed E-state index contributed by atoms with van der Waals surface area (Å²) in [4.78, 5) is 11.7. The Kier molecular flexibility index (Phi) is 5.95. The van der Waals surface area contributed by atoms with E-state index in [0.29, 0.717) is 0 Å². The van der Waals surface area contributed by atoms with Gasteiger partial charge >= 0.3 is 6.03 Å². The van der Waals surface area contributed by atoms with Gasteiger partial charge in [0.25, 0.3) is 0 Å². The molecule has 21 heavy (non-hydrogen) atoms. The zero-order chi connectivity index (χ0) is 16.0. The summed E-state index contributed by atoms with van der Waals surface area (Å²) >= 11 is 0. The van der Waals surface area contributed by atoms with Crippen molar-refractivity contribution in [3.05, 3.63) is 24.0 Å². The van der Waals surface area contributed by atoms with Crippen LogP contribution in [-0.4, -0.2) is 26.7 Å². The van der Waals surface area contributed by atoms with Gasteiger partial charge in [-0.1, -0.05) is 13.3 Å². The van der Waals surface area contributed by atoms with Crippen LogP contribution in [0.25, 0.3) is 0 Å². The molecule has 0 aliphatic heterocycles. The molecule has 0 fully saturated rings. The van der Waals surface area contributed by atoms with Crippen molar-refractivity contribution in [2.45, 2.75) is 32.7 Å². The fraction of sp³-hybridized carbons (Fsp3) is 0.462. The van der Waals surface area contributed by atoms with Crippen molar-refractivity contribution >= 4 is 27.4 Å². The van der Waals surface area contributed by atoms with Crippen LogP contribution in [0.15, 0.2) is 18.2 Å². The van der Waals surface area contributed by atoms with Gasteiger partial charge in [-0.2, -0.15) is 0 Å². The lowest BCUT2D eigenvalue weighted by Crippen LogP contribution is -2.36. The SMILES string of the molecule is CCC[C@@H](C)NC(=O)Nc1cc(NS(C)(=O)=O)ccc1F. The van der Waals surface area contributed by atoms with Crippen molar-refractivity contribution in [1.82, 2.24) is 5.32 Å². The van der Waals surface area contributed by atoms with Gasteiger partial charge in [0.2, 0.25) is 10.0 Å². The van der Waals surface area contributed by atoms with Gasteiger partial charge in [-0.3, -0.25) is 4.72 Å². The molecule has 0 spiro atoms. The minimum Gasteiger partial charge on any atom is -0.335 e. The van der Waals surface area contributed by atoms with E-state index in [-0.39, 0.29) is 17.4 Å². The fourth-order valence-electron chi connectivity index (χ4n) is 1.79. The molecular weight excluding hydrogens is 297 g/mol. The summed E-state index contributed by atoms with van der Waals surface area (Å²) in [7, 11) is -3.46. The molecule has 0 aromatic heterocycles. The van der Waals surface area contributed by atoms with Gasteiger partial charge in [-0.05, 0) is 31.5 Å². The Morgan fingerprint density at radius 2 is 2.05 bits per heavy atom. The van der Waals surface area contributed by atoms with Gasteiger partial charge in [0.15, 0.2) is 0 Å². The molecule has 0 bridgehead atoms. The number of nitrogens with one attached hydrogen (secondary N) is 3. The smallest absolute Gasteiger partial charge is 0.319 e. The Balaban J connectivity index is 2.78. The minimum absolute atomic E-state index is 0.0320. The zero-order valence-corrected chi connectivity index (χ0v) is 13.1. The van der Waals surface area contributed by atoms with E-state index < -0.39 is 21.9 Å². The summed E-state index contributed by atoms with van der Waals surface area (Å²) in [6, 6.07) is 3.01. The maximum atomic E-state index is 13.6. The zero-order valence-electron chi connectivity index (χ0n) is 12.2. The van der Waals surface area contributed by atoms with Crippen LogP contribution in [0.5, 0.6) is 0 Å². The molecule has 0 radical (unpaired) electrons. The minimum atomic E-state index is -3.46. The van der Waals surface area contributed by atoms with E-state index in [0.717, 1.165) is 25.2 Å². The largest absolute Gasteiger partial charge is 0.335 e. The van der Waals surface area contributed by atoms with Gasteiger partial charge in [0.1, 0.15) is 5.82 Å². The fourth-order valence-corrected chi connectivity index (χ4v) is 2.34. The van der Waals surface area contributed by atoms with E-state index in [1.54, 1.807) is 0 Å². The topological polar surface area (TPSA) is 87.3 Å². The second kappa shape index (κ2) is 7.26. The van der Waals surface area contributed by atoms with Crippen molar-refractivity contribution in [1.29, 1.82) is 0 Å².